The van der Waals surface area contributed by atoms with Gasteiger partial charge < -0.3 is 10.0 Å². The van der Waals surface area contributed by atoms with E-state index >= 15 is 0 Å². The van der Waals surface area contributed by atoms with E-state index in [1.165, 1.54) is 12.8 Å². The predicted molar refractivity (Wildman–Crippen MR) is 107 cm³/mol. The number of anilines is 1. The molecule has 0 unspecified atom stereocenters. The zero-order valence-electron chi connectivity index (χ0n) is 15.7. The molecule has 0 amide bonds. The number of nitrogens with zero attached hydrogens (tertiary/aromatic N) is 3. The molecule has 0 aromatic heterocycles. The topological polar surface area (TPSA) is 30.0 Å². The first-order chi connectivity index (χ1) is 13.2. The number of halogens is 1. The highest BCUT2D eigenvalue weighted by molar-refractivity contribution is 5.48. The Morgan fingerprint density at radius 2 is 1.67 bits per heavy atom. The van der Waals surface area contributed by atoms with Gasteiger partial charge in [0.1, 0.15) is 11.6 Å². The minimum atomic E-state index is -0.127. The Morgan fingerprint density at radius 3 is 2.44 bits per heavy atom. The highest BCUT2D eigenvalue weighted by Gasteiger charge is 2.28. The monoisotopic (exact) mass is 369 g/mol. The third-order valence-corrected chi connectivity index (χ3v) is 5.89. The third kappa shape index (κ3) is 4.25. The Kier molecular flexibility index (Phi) is 5.60. The lowest BCUT2D eigenvalue weighted by molar-refractivity contribution is 0.0882. The first-order valence-electron chi connectivity index (χ1n) is 9.93. The van der Waals surface area contributed by atoms with Gasteiger partial charge in [0, 0.05) is 50.9 Å². The number of piperazine rings is 1. The fourth-order valence-corrected chi connectivity index (χ4v) is 4.39. The number of phenols is 1. The van der Waals surface area contributed by atoms with Gasteiger partial charge in [-0.3, -0.25) is 9.80 Å². The molecule has 0 spiro atoms. The Bertz CT molecular complexity index is 761. The molecule has 0 saturated carbocycles. The average molecular weight is 369 g/mol. The highest BCUT2D eigenvalue weighted by atomic mass is 19.1. The molecule has 0 bridgehead atoms. The largest absolute Gasteiger partial charge is 0.508 e. The van der Waals surface area contributed by atoms with Crippen molar-refractivity contribution in [1.29, 1.82) is 0 Å². The quantitative estimate of drug-likeness (QED) is 0.896. The van der Waals surface area contributed by atoms with E-state index in [9.17, 15) is 9.50 Å². The molecule has 1 N–H and O–H groups in total. The molecule has 1 atom stereocenters. The lowest BCUT2D eigenvalue weighted by Gasteiger charge is -2.44. The van der Waals surface area contributed by atoms with Crippen LogP contribution in [-0.4, -0.2) is 60.2 Å². The van der Waals surface area contributed by atoms with Crippen LogP contribution in [-0.2, 0) is 6.54 Å². The SMILES string of the molecule is Oc1ccccc1CN1CCC[C@H](N2CCN(c3ccccc3F)CC2)C1. The van der Waals surface area contributed by atoms with Crippen LogP contribution in [0.5, 0.6) is 5.75 Å². The summed E-state index contributed by atoms with van der Waals surface area (Å²) in [5.74, 6) is 0.260. The maximum atomic E-state index is 14.0. The van der Waals surface area contributed by atoms with Crippen molar-refractivity contribution in [2.75, 3.05) is 44.2 Å². The van der Waals surface area contributed by atoms with Crippen molar-refractivity contribution < 1.29 is 9.50 Å². The maximum Gasteiger partial charge on any atom is 0.146 e. The lowest BCUT2D eigenvalue weighted by Crippen LogP contribution is -2.55. The molecule has 2 aliphatic heterocycles. The summed E-state index contributed by atoms with van der Waals surface area (Å²) in [6, 6.07) is 15.2. The first-order valence-corrected chi connectivity index (χ1v) is 9.93. The summed E-state index contributed by atoms with van der Waals surface area (Å²) < 4.78 is 14.0. The number of piperidine rings is 1. The second-order valence-electron chi connectivity index (χ2n) is 7.63. The maximum absolute atomic E-state index is 14.0. The van der Waals surface area contributed by atoms with Gasteiger partial charge in [-0.25, -0.2) is 4.39 Å². The van der Waals surface area contributed by atoms with Crippen LogP contribution < -0.4 is 4.90 Å². The molecule has 0 aliphatic carbocycles. The van der Waals surface area contributed by atoms with Gasteiger partial charge in [0.25, 0.3) is 0 Å². The van der Waals surface area contributed by atoms with Gasteiger partial charge in [-0.15, -0.1) is 0 Å². The van der Waals surface area contributed by atoms with E-state index in [1.54, 1.807) is 18.2 Å². The fourth-order valence-electron chi connectivity index (χ4n) is 4.39. The van der Waals surface area contributed by atoms with Gasteiger partial charge >= 0.3 is 0 Å². The summed E-state index contributed by atoms with van der Waals surface area (Å²) in [7, 11) is 0. The van der Waals surface area contributed by atoms with E-state index in [0.717, 1.165) is 57.1 Å². The molecule has 2 aliphatic rings. The number of phenolic OH excluding ortho intramolecular Hbond substituents is 1. The Hall–Kier alpha value is -2.11. The van der Waals surface area contributed by atoms with Crippen LogP contribution in [0.15, 0.2) is 48.5 Å². The fraction of sp³-hybridized carbons (Fsp3) is 0.455. The number of hydrogen-bond donors (Lipinski definition) is 1. The van der Waals surface area contributed by atoms with Crippen molar-refractivity contribution >= 4 is 5.69 Å². The number of hydrogen-bond acceptors (Lipinski definition) is 4. The first kappa shape index (κ1) is 18.3. The van der Waals surface area contributed by atoms with Gasteiger partial charge in [0.15, 0.2) is 0 Å². The Morgan fingerprint density at radius 1 is 0.926 bits per heavy atom. The van der Waals surface area contributed by atoms with E-state index in [-0.39, 0.29) is 5.82 Å². The molecule has 2 aromatic rings. The summed E-state index contributed by atoms with van der Waals surface area (Å²) in [6.07, 6.45) is 2.41. The summed E-state index contributed by atoms with van der Waals surface area (Å²) >= 11 is 0. The number of para-hydroxylation sites is 2. The molecule has 4 rings (SSSR count). The molecule has 5 heteroatoms. The van der Waals surface area contributed by atoms with Crippen molar-refractivity contribution in [3.8, 4) is 5.75 Å². The summed E-state index contributed by atoms with van der Waals surface area (Å²) in [5, 5.41) is 10.0. The average Bonchev–Trinajstić information content (AvgIpc) is 2.71. The third-order valence-electron chi connectivity index (χ3n) is 5.89. The van der Waals surface area contributed by atoms with Crippen molar-refractivity contribution in [2.24, 2.45) is 0 Å². The van der Waals surface area contributed by atoms with Gasteiger partial charge in [0.05, 0.1) is 5.69 Å². The molecule has 2 fully saturated rings. The normalized spacial score (nSPS) is 22.1. The zero-order valence-corrected chi connectivity index (χ0v) is 15.7. The van der Waals surface area contributed by atoms with Crippen molar-refractivity contribution in [1.82, 2.24) is 9.80 Å². The van der Waals surface area contributed by atoms with Crippen LogP contribution in [0.25, 0.3) is 0 Å². The summed E-state index contributed by atoms with van der Waals surface area (Å²) in [4.78, 5) is 7.18. The van der Waals surface area contributed by atoms with Gasteiger partial charge in [-0.2, -0.15) is 0 Å². The molecule has 0 radical (unpaired) electrons. The highest BCUT2D eigenvalue weighted by Crippen LogP contribution is 2.25. The molecular formula is C22H28FN3O. The molecule has 27 heavy (non-hydrogen) atoms. The molecule has 4 nitrogen and oxygen atoms in total. The zero-order chi connectivity index (χ0) is 18.6. The van der Waals surface area contributed by atoms with E-state index in [4.69, 9.17) is 0 Å². The van der Waals surface area contributed by atoms with Crippen molar-refractivity contribution in [3.63, 3.8) is 0 Å². The van der Waals surface area contributed by atoms with Crippen molar-refractivity contribution in [3.05, 3.63) is 59.9 Å². The van der Waals surface area contributed by atoms with Crippen LogP contribution >= 0.6 is 0 Å². The Balaban J connectivity index is 1.33. The van der Waals surface area contributed by atoms with E-state index in [0.29, 0.717) is 11.8 Å². The van der Waals surface area contributed by atoms with Crippen LogP contribution in [0.2, 0.25) is 0 Å². The van der Waals surface area contributed by atoms with Gasteiger partial charge in [-0.1, -0.05) is 30.3 Å². The molecule has 2 saturated heterocycles. The predicted octanol–water partition coefficient (Wildman–Crippen LogP) is 3.32. The number of rotatable bonds is 4. The minimum absolute atomic E-state index is 0.127. The van der Waals surface area contributed by atoms with E-state index in [1.807, 2.05) is 30.3 Å². The number of aromatic hydroxyl groups is 1. The van der Waals surface area contributed by atoms with Crippen molar-refractivity contribution in [2.45, 2.75) is 25.4 Å². The number of likely N-dealkylation sites (tertiary alicyclic amines) is 1. The molecule has 2 aromatic carbocycles. The van der Waals surface area contributed by atoms with Gasteiger partial charge in [-0.05, 0) is 37.6 Å². The molecular weight excluding hydrogens is 341 g/mol. The Labute approximate surface area is 160 Å². The smallest absolute Gasteiger partial charge is 0.146 e. The second kappa shape index (κ2) is 8.28. The van der Waals surface area contributed by atoms with E-state index in [2.05, 4.69) is 14.7 Å². The number of benzene rings is 2. The van der Waals surface area contributed by atoms with E-state index < -0.39 is 0 Å². The van der Waals surface area contributed by atoms with Crippen LogP contribution in [0.3, 0.4) is 0 Å². The standard InChI is InChI=1S/C22H28FN3O/c23-20-8-2-3-9-21(20)26-14-12-25(13-15-26)19-7-5-11-24(17-19)16-18-6-1-4-10-22(18)27/h1-4,6,8-10,19,27H,5,7,11-17H2/t19-/m0/s1. The summed E-state index contributed by atoms with van der Waals surface area (Å²) in [6.45, 7) is 6.62. The molecule has 144 valence electrons. The minimum Gasteiger partial charge on any atom is -0.508 e. The molecule has 2 heterocycles. The van der Waals surface area contributed by atoms with Crippen LogP contribution in [0, 0.1) is 5.82 Å². The van der Waals surface area contributed by atoms with Crippen LogP contribution in [0.1, 0.15) is 18.4 Å². The second-order valence-corrected chi connectivity index (χ2v) is 7.63. The lowest BCUT2D eigenvalue weighted by atomic mass is 10.0. The van der Waals surface area contributed by atoms with Gasteiger partial charge in [0.2, 0.25) is 0 Å². The summed E-state index contributed by atoms with van der Waals surface area (Å²) in [5.41, 5.74) is 1.73. The van der Waals surface area contributed by atoms with Crippen LogP contribution in [0.4, 0.5) is 10.1 Å².